The summed E-state index contributed by atoms with van der Waals surface area (Å²) >= 11 is 5.99. The number of hydrogen-bond donors (Lipinski definition) is 3. The SMILES string of the molecule is CCCC(NC(=O)c1cc(Cl)nc(NC)c1)C(=O)Nc1cccc(N2CCCC2)c1. The van der Waals surface area contributed by atoms with Crippen LogP contribution in [0.4, 0.5) is 17.2 Å². The molecule has 1 aliphatic rings. The van der Waals surface area contributed by atoms with Gasteiger partial charge in [-0.1, -0.05) is 31.0 Å². The summed E-state index contributed by atoms with van der Waals surface area (Å²) in [7, 11) is 1.70. The van der Waals surface area contributed by atoms with Crippen molar-refractivity contribution in [2.24, 2.45) is 0 Å². The zero-order chi connectivity index (χ0) is 21.5. The first-order valence-electron chi connectivity index (χ1n) is 10.3. The van der Waals surface area contributed by atoms with E-state index in [2.05, 4.69) is 31.9 Å². The monoisotopic (exact) mass is 429 g/mol. The molecule has 3 N–H and O–H groups in total. The smallest absolute Gasteiger partial charge is 0.252 e. The van der Waals surface area contributed by atoms with Gasteiger partial charge in [0.2, 0.25) is 5.91 Å². The fraction of sp³-hybridized carbons (Fsp3) is 0.409. The molecule has 0 aliphatic carbocycles. The standard InChI is InChI=1S/C22H28ClN5O2/c1-3-7-18(26-21(29)15-12-19(23)27-20(13-15)24-2)22(30)25-16-8-6-9-17(14-16)28-10-4-5-11-28/h6,8-9,12-14,18H,3-5,7,10-11H2,1-2H3,(H,24,27)(H,25,30)(H,26,29). The van der Waals surface area contributed by atoms with Crippen molar-refractivity contribution in [1.29, 1.82) is 0 Å². The van der Waals surface area contributed by atoms with Crippen molar-refractivity contribution >= 4 is 40.6 Å². The summed E-state index contributed by atoms with van der Waals surface area (Å²) < 4.78 is 0. The lowest BCUT2D eigenvalue weighted by Crippen LogP contribution is -2.43. The maximum atomic E-state index is 12.9. The minimum absolute atomic E-state index is 0.210. The lowest BCUT2D eigenvalue weighted by molar-refractivity contribution is -0.118. The lowest BCUT2D eigenvalue weighted by atomic mass is 10.1. The molecule has 0 spiro atoms. The number of halogens is 1. The number of carbonyl (C=O) groups is 2. The Bertz CT molecular complexity index is 899. The van der Waals surface area contributed by atoms with E-state index in [9.17, 15) is 9.59 Å². The van der Waals surface area contributed by atoms with Gasteiger partial charge in [0.15, 0.2) is 0 Å². The normalized spacial score (nSPS) is 14.3. The molecule has 1 aromatic carbocycles. The fourth-order valence-corrected chi connectivity index (χ4v) is 3.75. The number of nitrogens with one attached hydrogen (secondary N) is 3. The van der Waals surface area contributed by atoms with Gasteiger partial charge < -0.3 is 20.9 Å². The van der Waals surface area contributed by atoms with Gasteiger partial charge in [0.05, 0.1) is 0 Å². The Morgan fingerprint density at radius 2 is 1.97 bits per heavy atom. The highest BCUT2D eigenvalue weighted by Crippen LogP contribution is 2.23. The Hall–Kier alpha value is -2.80. The third-order valence-electron chi connectivity index (χ3n) is 5.10. The molecule has 8 heteroatoms. The Morgan fingerprint density at radius 3 is 2.67 bits per heavy atom. The van der Waals surface area contributed by atoms with Gasteiger partial charge in [0.1, 0.15) is 17.0 Å². The molecule has 1 aromatic heterocycles. The molecule has 1 aliphatic heterocycles. The summed E-state index contributed by atoms with van der Waals surface area (Å²) in [5, 5.41) is 8.85. The molecule has 160 valence electrons. The number of amides is 2. The van der Waals surface area contributed by atoms with E-state index in [-0.39, 0.29) is 17.0 Å². The van der Waals surface area contributed by atoms with Crippen LogP contribution in [0.2, 0.25) is 5.15 Å². The molecule has 1 atom stereocenters. The Kier molecular flexibility index (Phi) is 7.52. The second-order valence-corrected chi connectivity index (χ2v) is 7.75. The Balaban J connectivity index is 1.69. The predicted octanol–water partition coefficient (Wildman–Crippen LogP) is 3.91. The second kappa shape index (κ2) is 10.3. The van der Waals surface area contributed by atoms with Crippen LogP contribution >= 0.6 is 11.6 Å². The van der Waals surface area contributed by atoms with Gasteiger partial charge >= 0.3 is 0 Å². The number of pyridine rings is 1. The van der Waals surface area contributed by atoms with Gasteiger partial charge in [-0.05, 0) is 49.6 Å². The molecule has 30 heavy (non-hydrogen) atoms. The summed E-state index contributed by atoms with van der Waals surface area (Å²) in [4.78, 5) is 32.0. The molecule has 1 saturated heterocycles. The fourth-order valence-electron chi connectivity index (χ4n) is 3.54. The molecule has 2 aromatic rings. The van der Waals surface area contributed by atoms with Crippen molar-refractivity contribution in [1.82, 2.24) is 10.3 Å². The van der Waals surface area contributed by atoms with Crippen LogP contribution in [-0.4, -0.2) is 43.0 Å². The number of aromatic nitrogens is 1. The highest BCUT2D eigenvalue weighted by molar-refractivity contribution is 6.30. The molecule has 7 nitrogen and oxygen atoms in total. The number of carbonyl (C=O) groups excluding carboxylic acids is 2. The molecule has 2 amide bonds. The number of anilines is 3. The van der Waals surface area contributed by atoms with Crippen molar-refractivity contribution in [3.8, 4) is 0 Å². The second-order valence-electron chi connectivity index (χ2n) is 7.36. The predicted molar refractivity (Wildman–Crippen MR) is 121 cm³/mol. The maximum Gasteiger partial charge on any atom is 0.252 e. The van der Waals surface area contributed by atoms with Gasteiger partial charge in [-0.2, -0.15) is 0 Å². The van der Waals surface area contributed by atoms with Gasteiger partial charge in [0, 0.05) is 37.1 Å². The molecule has 0 saturated carbocycles. The average Bonchev–Trinajstić information content (AvgIpc) is 3.28. The highest BCUT2D eigenvalue weighted by atomic mass is 35.5. The third-order valence-corrected chi connectivity index (χ3v) is 5.29. The van der Waals surface area contributed by atoms with Crippen LogP contribution in [0.1, 0.15) is 43.0 Å². The van der Waals surface area contributed by atoms with Crippen molar-refractivity contribution in [2.45, 2.75) is 38.6 Å². The third kappa shape index (κ3) is 5.63. The van der Waals surface area contributed by atoms with Crippen molar-refractivity contribution in [2.75, 3.05) is 35.7 Å². The van der Waals surface area contributed by atoms with Crippen LogP contribution in [0, 0.1) is 0 Å². The molecule has 1 fully saturated rings. The quantitative estimate of drug-likeness (QED) is 0.554. The summed E-state index contributed by atoms with van der Waals surface area (Å²) in [6, 6.07) is 10.3. The van der Waals surface area contributed by atoms with E-state index in [0.717, 1.165) is 30.9 Å². The van der Waals surface area contributed by atoms with E-state index in [1.807, 2.05) is 25.1 Å². The first kappa shape index (κ1) is 21.9. The number of hydrogen-bond acceptors (Lipinski definition) is 5. The zero-order valence-electron chi connectivity index (χ0n) is 17.4. The summed E-state index contributed by atoms with van der Waals surface area (Å²) in [5.74, 6) is -0.115. The van der Waals surface area contributed by atoms with Crippen molar-refractivity contribution < 1.29 is 9.59 Å². The molecule has 0 radical (unpaired) electrons. The number of benzene rings is 1. The van der Waals surface area contributed by atoms with Gasteiger partial charge in [0.25, 0.3) is 5.91 Å². The van der Waals surface area contributed by atoms with Crippen LogP contribution in [0.25, 0.3) is 0 Å². The van der Waals surface area contributed by atoms with E-state index in [4.69, 9.17) is 11.6 Å². The van der Waals surface area contributed by atoms with Crippen LogP contribution in [0.15, 0.2) is 36.4 Å². The summed E-state index contributed by atoms with van der Waals surface area (Å²) in [6.07, 6.45) is 3.66. The van der Waals surface area contributed by atoms with Crippen LogP contribution in [-0.2, 0) is 4.79 Å². The molecule has 1 unspecified atom stereocenters. The largest absolute Gasteiger partial charge is 0.373 e. The van der Waals surface area contributed by atoms with E-state index in [1.54, 1.807) is 13.1 Å². The van der Waals surface area contributed by atoms with E-state index in [1.165, 1.54) is 18.9 Å². The topological polar surface area (TPSA) is 86.4 Å². The van der Waals surface area contributed by atoms with E-state index < -0.39 is 6.04 Å². The average molecular weight is 430 g/mol. The van der Waals surface area contributed by atoms with Gasteiger partial charge in [-0.3, -0.25) is 9.59 Å². The van der Waals surface area contributed by atoms with E-state index in [0.29, 0.717) is 17.8 Å². The number of nitrogens with zero attached hydrogens (tertiary/aromatic N) is 2. The van der Waals surface area contributed by atoms with Crippen molar-refractivity contribution in [3.05, 3.63) is 47.1 Å². The van der Waals surface area contributed by atoms with Crippen LogP contribution in [0.5, 0.6) is 0 Å². The minimum atomic E-state index is -0.650. The van der Waals surface area contributed by atoms with Crippen molar-refractivity contribution in [3.63, 3.8) is 0 Å². The van der Waals surface area contributed by atoms with E-state index >= 15 is 0 Å². The maximum absolute atomic E-state index is 12.9. The molecular formula is C22H28ClN5O2. The Morgan fingerprint density at radius 1 is 1.20 bits per heavy atom. The highest BCUT2D eigenvalue weighted by Gasteiger charge is 2.22. The van der Waals surface area contributed by atoms with Crippen LogP contribution in [0.3, 0.4) is 0 Å². The summed E-state index contributed by atoms with van der Waals surface area (Å²) in [6.45, 7) is 4.05. The Labute approximate surface area is 182 Å². The molecular weight excluding hydrogens is 402 g/mol. The first-order chi connectivity index (χ1) is 14.5. The molecule has 3 rings (SSSR count). The zero-order valence-corrected chi connectivity index (χ0v) is 18.1. The minimum Gasteiger partial charge on any atom is -0.373 e. The number of rotatable bonds is 8. The summed E-state index contributed by atoms with van der Waals surface area (Å²) in [5.41, 5.74) is 2.18. The lowest BCUT2D eigenvalue weighted by Gasteiger charge is -2.20. The van der Waals surface area contributed by atoms with Gasteiger partial charge in [-0.25, -0.2) is 4.98 Å². The molecule has 2 heterocycles. The van der Waals surface area contributed by atoms with Gasteiger partial charge in [-0.15, -0.1) is 0 Å². The first-order valence-corrected chi connectivity index (χ1v) is 10.7. The van der Waals surface area contributed by atoms with Crippen LogP contribution < -0.4 is 20.9 Å². The molecule has 0 bridgehead atoms.